The molecule has 5 aromatic carbocycles. The molecule has 0 unspecified atom stereocenters. The van der Waals surface area contributed by atoms with E-state index in [2.05, 4.69) is 64.9 Å². The second-order valence-electron chi connectivity index (χ2n) is 11.6. The van der Waals surface area contributed by atoms with Crippen molar-refractivity contribution in [2.45, 2.75) is 44.8 Å². The molecule has 0 saturated carbocycles. The number of aldehydes is 1. The van der Waals surface area contributed by atoms with Crippen LogP contribution in [0.2, 0.25) is 0 Å². The molecular weight excluding hydrogens is 582 g/mol. The molecule has 0 aliphatic carbocycles. The normalized spacial score (nSPS) is 12.0. The van der Waals surface area contributed by atoms with Crippen LogP contribution in [0.3, 0.4) is 0 Å². The van der Waals surface area contributed by atoms with Gasteiger partial charge in [-0.2, -0.15) is 0 Å². The van der Waals surface area contributed by atoms with E-state index in [4.69, 9.17) is 5.21 Å². The Bertz CT molecular complexity index is 1830. The van der Waals surface area contributed by atoms with Gasteiger partial charge in [0, 0.05) is 18.5 Å². The Morgan fingerprint density at radius 3 is 1.77 bits per heavy atom. The Hall–Kier alpha value is -5.69. The van der Waals surface area contributed by atoms with E-state index < -0.39 is 11.6 Å². The maximum atomic E-state index is 12.8. The van der Waals surface area contributed by atoms with E-state index in [1.807, 2.05) is 96.5 Å². The van der Waals surface area contributed by atoms with E-state index in [1.165, 1.54) is 0 Å². The van der Waals surface area contributed by atoms with Crippen molar-refractivity contribution in [3.63, 3.8) is 0 Å². The Balaban J connectivity index is 1.48. The van der Waals surface area contributed by atoms with Crippen molar-refractivity contribution in [1.82, 2.24) is 25.1 Å². The molecule has 0 saturated heterocycles. The molecule has 1 amide bonds. The van der Waals surface area contributed by atoms with Crippen molar-refractivity contribution in [2.75, 3.05) is 0 Å². The molecule has 234 valence electrons. The first-order valence-electron chi connectivity index (χ1n) is 16.0. The minimum absolute atomic E-state index is 0.0212. The van der Waals surface area contributed by atoms with E-state index in [1.54, 1.807) is 11.8 Å². The molecule has 1 aromatic heterocycles. The largest absolute Gasteiger partial charge is 0.329 e. The Labute approximate surface area is 275 Å². The number of tetrazole rings is 1. The number of carbonyl (C=O) groups is 2. The van der Waals surface area contributed by atoms with Gasteiger partial charge in [0.2, 0.25) is 5.91 Å². The maximum Gasteiger partial charge on any atom is 0.223 e. The summed E-state index contributed by atoms with van der Waals surface area (Å²) in [7, 11) is 0. The van der Waals surface area contributed by atoms with Gasteiger partial charge in [-0.05, 0) is 57.2 Å². The zero-order valence-corrected chi connectivity index (χ0v) is 26.6. The Morgan fingerprint density at radius 1 is 0.745 bits per heavy atom. The SMILES string of the molecule is CCCC(=O)N(Cc1ccc(-c2ccccc2-c2nnnn2C(c2ccccc2)(c2ccccc2)c2ccccc2)cc1)[C@@H](C)C=O. The van der Waals surface area contributed by atoms with Gasteiger partial charge in [-0.3, -0.25) is 4.79 Å². The van der Waals surface area contributed by atoms with Crippen LogP contribution >= 0.6 is 0 Å². The summed E-state index contributed by atoms with van der Waals surface area (Å²) < 4.78 is 1.94. The summed E-state index contributed by atoms with van der Waals surface area (Å²) in [6, 6.07) is 46.8. The van der Waals surface area contributed by atoms with Gasteiger partial charge in [-0.1, -0.05) is 146 Å². The molecule has 6 rings (SSSR count). The third-order valence-electron chi connectivity index (χ3n) is 8.62. The summed E-state index contributed by atoms with van der Waals surface area (Å²) in [5, 5.41) is 13.7. The van der Waals surface area contributed by atoms with Crippen molar-refractivity contribution in [1.29, 1.82) is 0 Å². The predicted molar refractivity (Wildman–Crippen MR) is 184 cm³/mol. The Morgan fingerprint density at radius 2 is 1.26 bits per heavy atom. The van der Waals surface area contributed by atoms with Crippen molar-refractivity contribution in [3.8, 4) is 22.5 Å². The first-order valence-corrected chi connectivity index (χ1v) is 16.0. The van der Waals surface area contributed by atoms with E-state index in [9.17, 15) is 9.59 Å². The molecule has 0 radical (unpaired) electrons. The van der Waals surface area contributed by atoms with Crippen LogP contribution in [0.5, 0.6) is 0 Å². The second kappa shape index (κ2) is 14.2. The van der Waals surface area contributed by atoms with Crippen molar-refractivity contribution in [2.24, 2.45) is 0 Å². The molecular formula is C40H37N5O2. The maximum absolute atomic E-state index is 12.8. The Kier molecular flexibility index (Phi) is 9.43. The number of aromatic nitrogens is 4. The van der Waals surface area contributed by atoms with Gasteiger partial charge in [0.25, 0.3) is 0 Å². The van der Waals surface area contributed by atoms with Crippen molar-refractivity contribution >= 4 is 12.2 Å². The molecule has 1 atom stereocenters. The van der Waals surface area contributed by atoms with Gasteiger partial charge >= 0.3 is 0 Å². The zero-order valence-electron chi connectivity index (χ0n) is 26.6. The van der Waals surface area contributed by atoms with Gasteiger partial charge in [0.15, 0.2) is 5.82 Å². The quantitative estimate of drug-likeness (QED) is 0.104. The van der Waals surface area contributed by atoms with Crippen LogP contribution in [0.4, 0.5) is 0 Å². The molecule has 7 heteroatoms. The van der Waals surface area contributed by atoms with Gasteiger partial charge < -0.3 is 9.69 Å². The summed E-state index contributed by atoms with van der Waals surface area (Å²) >= 11 is 0. The molecule has 7 nitrogen and oxygen atoms in total. The molecule has 0 bridgehead atoms. The minimum atomic E-state index is -0.872. The minimum Gasteiger partial charge on any atom is -0.329 e. The lowest BCUT2D eigenvalue weighted by molar-refractivity contribution is -0.136. The van der Waals surface area contributed by atoms with Crippen molar-refractivity contribution in [3.05, 3.63) is 162 Å². The first-order chi connectivity index (χ1) is 23.1. The summed E-state index contributed by atoms with van der Waals surface area (Å²) in [5.74, 6) is 0.601. The number of hydrogen-bond donors (Lipinski definition) is 0. The summed E-state index contributed by atoms with van der Waals surface area (Å²) in [5.41, 5.74) is 6.00. The topological polar surface area (TPSA) is 81.0 Å². The van der Waals surface area contributed by atoms with Crippen LogP contribution in [0, 0.1) is 0 Å². The van der Waals surface area contributed by atoms with Crippen LogP contribution in [0.15, 0.2) is 140 Å². The number of nitrogens with zero attached hydrogens (tertiary/aromatic N) is 5. The molecule has 1 heterocycles. The molecule has 0 aliphatic heterocycles. The molecule has 0 N–H and O–H groups in total. The van der Waals surface area contributed by atoms with E-state index in [-0.39, 0.29) is 5.91 Å². The standard InChI is InChI=1S/C40H37N5O2/c1-3-15-38(47)44(30(2)29-46)28-31-24-26-32(27-25-31)36-22-13-14-23-37(36)39-41-42-43-45(39)40(33-16-7-4-8-17-33,34-18-9-5-10-19-34)35-20-11-6-12-21-35/h4-14,16-27,29-30H,3,15,28H2,1-2H3/t30-/m0/s1. The monoisotopic (exact) mass is 619 g/mol. The molecule has 0 spiro atoms. The van der Waals surface area contributed by atoms with Gasteiger partial charge in [-0.15, -0.1) is 5.10 Å². The van der Waals surface area contributed by atoms with Crippen LogP contribution in [-0.2, 0) is 21.7 Å². The summed E-state index contributed by atoms with van der Waals surface area (Å²) in [4.78, 5) is 26.0. The molecule has 0 fully saturated rings. The number of rotatable bonds is 12. The van der Waals surface area contributed by atoms with Crippen LogP contribution < -0.4 is 0 Å². The first kappa shape index (κ1) is 31.3. The van der Waals surface area contributed by atoms with Gasteiger partial charge in [-0.25, -0.2) is 4.68 Å². The fraction of sp³-hybridized carbons (Fsp3) is 0.175. The third-order valence-corrected chi connectivity index (χ3v) is 8.62. The van der Waals surface area contributed by atoms with E-state index in [0.717, 1.165) is 51.7 Å². The highest BCUT2D eigenvalue weighted by Gasteiger charge is 2.42. The highest BCUT2D eigenvalue weighted by Crippen LogP contribution is 2.43. The zero-order chi connectivity index (χ0) is 32.6. The fourth-order valence-electron chi connectivity index (χ4n) is 6.29. The number of carbonyl (C=O) groups excluding carboxylic acids is 2. The second-order valence-corrected chi connectivity index (χ2v) is 11.6. The fourth-order valence-corrected chi connectivity index (χ4v) is 6.29. The van der Waals surface area contributed by atoms with Gasteiger partial charge in [0.05, 0.1) is 6.04 Å². The number of amides is 1. The van der Waals surface area contributed by atoms with E-state index in [0.29, 0.717) is 18.8 Å². The lowest BCUT2D eigenvalue weighted by Gasteiger charge is -2.36. The average molecular weight is 620 g/mol. The van der Waals surface area contributed by atoms with Crippen LogP contribution in [-0.4, -0.2) is 43.3 Å². The number of benzene rings is 5. The molecule has 6 aromatic rings. The van der Waals surface area contributed by atoms with Gasteiger partial charge in [0.1, 0.15) is 11.8 Å². The molecule has 47 heavy (non-hydrogen) atoms. The van der Waals surface area contributed by atoms with E-state index >= 15 is 0 Å². The van der Waals surface area contributed by atoms with Crippen molar-refractivity contribution < 1.29 is 9.59 Å². The third kappa shape index (κ3) is 6.12. The smallest absolute Gasteiger partial charge is 0.223 e. The van der Waals surface area contributed by atoms with Crippen LogP contribution in [0.25, 0.3) is 22.5 Å². The molecule has 0 aliphatic rings. The highest BCUT2D eigenvalue weighted by molar-refractivity contribution is 5.82. The lowest BCUT2D eigenvalue weighted by atomic mass is 9.77. The predicted octanol–water partition coefficient (Wildman–Crippen LogP) is 7.56. The van der Waals surface area contributed by atoms with Crippen LogP contribution in [0.1, 0.15) is 48.9 Å². The highest BCUT2D eigenvalue weighted by atomic mass is 16.2. The number of hydrogen-bond acceptors (Lipinski definition) is 5. The lowest BCUT2D eigenvalue weighted by Crippen LogP contribution is -2.39. The summed E-state index contributed by atoms with van der Waals surface area (Å²) in [6.45, 7) is 4.09. The average Bonchev–Trinajstić information content (AvgIpc) is 3.62. The summed E-state index contributed by atoms with van der Waals surface area (Å²) in [6.07, 6.45) is 1.97.